The highest BCUT2D eigenvalue weighted by atomic mass is 16.7. The van der Waals surface area contributed by atoms with Crippen LogP contribution in [0, 0.1) is 5.92 Å². The Morgan fingerprint density at radius 2 is 1.65 bits per heavy atom. The maximum absolute atomic E-state index is 11.2. The molecule has 20 heavy (non-hydrogen) atoms. The van der Waals surface area contributed by atoms with Crippen molar-refractivity contribution in [2.45, 2.75) is 30.3 Å². The summed E-state index contributed by atoms with van der Waals surface area (Å²) in [6.45, 7) is 0. The molecule has 0 aromatic rings. The van der Waals surface area contributed by atoms with Crippen molar-refractivity contribution < 1.29 is 49.1 Å². The number of hydrogen-bond acceptors (Lipinski definition) is 6. The summed E-state index contributed by atoms with van der Waals surface area (Å²) in [6.07, 6.45) is -4.40. The minimum atomic E-state index is -2.38. The van der Waals surface area contributed by atoms with Crippen molar-refractivity contribution in [1.82, 2.24) is 0 Å². The van der Waals surface area contributed by atoms with Crippen molar-refractivity contribution in [3.63, 3.8) is 0 Å². The fourth-order valence-electron chi connectivity index (χ4n) is 2.20. The summed E-state index contributed by atoms with van der Waals surface area (Å²) in [6, 6.07) is 0. The Labute approximate surface area is 110 Å². The number of aliphatic carboxylic acids is 4. The van der Waals surface area contributed by atoms with Gasteiger partial charge in [-0.25, -0.2) is 14.4 Å². The predicted molar refractivity (Wildman–Crippen MR) is 54.9 cm³/mol. The summed E-state index contributed by atoms with van der Waals surface area (Å²) < 4.78 is 9.29. The van der Waals surface area contributed by atoms with Gasteiger partial charge in [-0.1, -0.05) is 0 Å². The van der Waals surface area contributed by atoms with Gasteiger partial charge in [0.05, 0.1) is 6.10 Å². The summed E-state index contributed by atoms with van der Waals surface area (Å²) in [5.41, 5.74) is -2.38. The van der Waals surface area contributed by atoms with E-state index in [4.69, 9.17) is 25.2 Å². The van der Waals surface area contributed by atoms with E-state index >= 15 is 0 Å². The first kappa shape index (κ1) is 14.2. The third-order valence-corrected chi connectivity index (χ3v) is 3.31. The Morgan fingerprint density at radius 1 is 1.05 bits per heavy atom. The summed E-state index contributed by atoms with van der Waals surface area (Å²) in [5, 5.41) is 35.5. The number of carbonyl (C=O) groups is 4. The Kier molecular flexibility index (Phi) is 3.14. The Morgan fingerprint density at radius 3 is 1.95 bits per heavy atom. The fraction of sp³-hybridized carbons (Fsp3) is 0.600. The highest BCUT2D eigenvalue weighted by molar-refractivity contribution is 5.96. The van der Waals surface area contributed by atoms with Crippen LogP contribution in [0.1, 0.15) is 6.42 Å². The van der Waals surface area contributed by atoms with Gasteiger partial charge in [-0.2, -0.15) is 0 Å². The van der Waals surface area contributed by atoms with E-state index in [2.05, 4.69) is 4.74 Å². The molecule has 5 unspecified atom stereocenters. The average Bonchev–Trinajstić information content (AvgIpc) is 3.19. The number of carboxylic acids is 4. The van der Waals surface area contributed by atoms with Gasteiger partial charge in [0.25, 0.3) is 0 Å². The van der Waals surface area contributed by atoms with E-state index in [9.17, 15) is 19.2 Å². The molecule has 0 aromatic heterocycles. The number of epoxide rings is 2. The summed E-state index contributed by atoms with van der Waals surface area (Å²) in [4.78, 5) is 43.7. The van der Waals surface area contributed by atoms with E-state index in [1.807, 2.05) is 0 Å². The first-order chi connectivity index (χ1) is 9.21. The second kappa shape index (κ2) is 4.42. The lowest BCUT2D eigenvalue weighted by Gasteiger charge is -2.15. The van der Waals surface area contributed by atoms with Crippen molar-refractivity contribution in [2.75, 3.05) is 0 Å². The van der Waals surface area contributed by atoms with E-state index in [0.717, 1.165) is 0 Å². The van der Waals surface area contributed by atoms with E-state index in [0.29, 0.717) is 0 Å². The van der Waals surface area contributed by atoms with Gasteiger partial charge >= 0.3 is 23.9 Å². The fourth-order valence-corrected chi connectivity index (χ4v) is 2.20. The molecule has 2 aliphatic rings. The first-order valence-corrected chi connectivity index (χ1v) is 5.47. The molecule has 2 saturated heterocycles. The smallest absolute Gasteiger partial charge is 0.340 e. The quantitative estimate of drug-likeness (QED) is 0.393. The van der Waals surface area contributed by atoms with E-state index < -0.39 is 60.1 Å². The van der Waals surface area contributed by atoms with Gasteiger partial charge in [-0.15, -0.1) is 0 Å². The van der Waals surface area contributed by atoms with Crippen molar-refractivity contribution >= 4 is 23.9 Å². The minimum absolute atomic E-state index is 0.456. The van der Waals surface area contributed by atoms with Gasteiger partial charge in [0, 0.05) is 0 Å². The maximum Gasteiger partial charge on any atom is 0.340 e. The molecular weight excluding hydrogens is 280 g/mol. The van der Waals surface area contributed by atoms with Gasteiger partial charge < -0.3 is 29.9 Å². The van der Waals surface area contributed by atoms with Gasteiger partial charge in [-0.05, 0) is 6.42 Å². The largest absolute Gasteiger partial charge is 0.481 e. The molecule has 2 heterocycles. The van der Waals surface area contributed by atoms with Crippen LogP contribution < -0.4 is 0 Å². The van der Waals surface area contributed by atoms with Crippen LogP contribution in [0.3, 0.4) is 0 Å². The molecule has 4 N–H and O–H groups in total. The van der Waals surface area contributed by atoms with Crippen molar-refractivity contribution in [1.29, 1.82) is 0 Å². The standard InChI is InChI=1S/C10H10O10/c11-6(12)2(1-3-4(19-3)7(13)14)10(9(17)18)5(20-10)8(15)16/h2-5H,1H2,(H,11,12)(H,13,14)(H,15,16)(H,17,18). The highest BCUT2D eigenvalue weighted by Crippen LogP contribution is 2.47. The van der Waals surface area contributed by atoms with E-state index in [1.165, 1.54) is 0 Å². The Balaban J connectivity index is 2.16. The zero-order valence-electron chi connectivity index (χ0n) is 9.75. The molecule has 0 aromatic carbocycles. The van der Waals surface area contributed by atoms with Crippen LogP contribution in [0.25, 0.3) is 0 Å². The van der Waals surface area contributed by atoms with Gasteiger partial charge in [0.15, 0.2) is 12.2 Å². The lowest BCUT2D eigenvalue weighted by molar-refractivity contribution is -0.156. The molecule has 0 spiro atoms. The van der Waals surface area contributed by atoms with E-state index in [1.54, 1.807) is 0 Å². The first-order valence-electron chi connectivity index (χ1n) is 5.47. The third-order valence-electron chi connectivity index (χ3n) is 3.31. The number of carboxylic acid groups (broad SMARTS) is 4. The average molecular weight is 290 g/mol. The molecule has 0 amide bonds. The molecule has 2 rings (SSSR count). The van der Waals surface area contributed by atoms with Crippen LogP contribution in [0.4, 0.5) is 0 Å². The number of ether oxygens (including phenoxy) is 2. The van der Waals surface area contributed by atoms with Crippen molar-refractivity contribution in [3.05, 3.63) is 0 Å². The molecule has 0 aliphatic carbocycles. The highest BCUT2D eigenvalue weighted by Gasteiger charge is 2.74. The van der Waals surface area contributed by atoms with Gasteiger partial charge in [0.2, 0.25) is 5.60 Å². The lowest BCUT2D eigenvalue weighted by atomic mass is 9.84. The topological polar surface area (TPSA) is 174 Å². The van der Waals surface area contributed by atoms with Gasteiger partial charge in [0.1, 0.15) is 5.92 Å². The summed E-state index contributed by atoms with van der Waals surface area (Å²) in [7, 11) is 0. The predicted octanol–water partition coefficient (Wildman–Crippen LogP) is -1.76. The Hall–Kier alpha value is -2.20. The number of rotatable bonds is 7. The van der Waals surface area contributed by atoms with Crippen LogP contribution in [0.15, 0.2) is 0 Å². The van der Waals surface area contributed by atoms with Crippen LogP contribution in [0.2, 0.25) is 0 Å². The lowest BCUT2D eigenvalue weighted by Crippen LogP contribution is -2.43. The molecule has 5 atom stereocenters. The molecule has 2 fully saturated rings. The van der Waals surface area contributed by atoms with Crippen molar-refractivity contribution in [2.24, 2.45) is 5.92 Å². The monoisotopic (exact) mass is 290 g/mol. The van der Waals surface area contributed by atoms with Crippen molar-refractivity contribution in [3.8, 4) is 0 Å². The third kappa shape index (κ3) is 2.08. The molecular formula is C10H10O10. The van der Waals surface area contributed by atoms with Crippen LogP contribution in [-0.4, -0.2) is 68.2 Å². The molecule has 2 aliphatic heterocycles. The van der Waals surface area contributed by atoms with Crippen LogP contribution >= 0.6 is 0 Å². The second-order valence-electron chi connectivity index (χ2n) is 4.49. The summed E-state index contributed by atoms with van der Waals surface area (Å²) >= 11 is 0. The minimum Gasteiger partial charge on any atom is -0.481 e. The van der Waals surface area contributed by atoms with Crippen LogP contribution in [0.5, 0.6) is 0 Å². The molecule has 0 saturated carbocycles. The second-order valence-corrected chi connectivity index (χ2v) is 4.49. The molecule has 0 radical (unpaired) electrons. The molecule has 110 valence electrons. The normalized spacial score (nSPS) is 35.9. The molecule has 10 nitrogen and oxygen atoms in total. The zero-order valence-corrected chi connectivity index (χ0v) is 9.75. The maximum atomic E-state index is 11.2. The van der Waals surface area contributed by atoms with Crippen LogP contribution in [-0.2, 0) is 28.7 Å². The summed E-state index contributed by atoms with van der Waals surface area (Å²) in [5.74, 6) is -7.91. The van der Waals surface area contributed by atoms with E-state index in [-0.39, 0.29) is 0 Å². The molecule has 10 heteroatoms. The number of hydrogen-bond donors (Lipinski definition) is 4. The molecule has 0 bridgehead atoms. The SMILES string of the molecule is O=C(O)C1OC1CC(C(=O)O)C1(C(=O)O)OC1C(=O)O. The Bertz CT molecular complexity index is 498. The van der Waals surface area contributed by atoms with Gasteiger partial charge in [-0.3, -0.25) is 4.79 Å². The zero-order chi connectivity index (χ0) is 15.2.